The van der Waals surface area contributed by atoms with Gasteiger partial charge in [-0.25, -0.2) is 0 Å². The van der Waals surface area contributed by atoms with Gasteiger partial charge < -0.3 is 0 Å². The van der Waals surface area contributed by atoms with Gasteiger partial charge in [-0.1, -0.05) is 13.8 Å². The molecule has 0 N–H and O–H groups in total. The molecule has 3 aliphatic rings. The number of halogens is 4. The van der Waals surface area contributed by atoms with Crippen LogP contribution in [0.3, 0.4) is 0 Å². The van der Waals surface area contributed by atoms with Gasteiger partial charge in [0.1, 0.15) is 8.67 Å². The van der Waals surface area contributed by atoms with Gasteiger partial charge >= 0.3 is 0 Å². The van der Waals surface area contributed by atoms with Crippen molar-refractivity contribution >= 4 is 46.4 Å². The SMILES string of the molecule is C[C@@]12C[C@H]3C(Cl)(Cl)[C@]3(C)C[C@@H]1C2(Cl)Cl. The summed E-state index contributed by atoms with van der Waals surface area (Å²) in [7, 11) is 0. The summed E-state index contributed by atoms with van der Waals surface area (Å²) in [5, 5.41) is 0. The van der Waals surface area contributed by atoms with Crippen LogP contribution in [-0.4, -0.2) is 8.67 Å². The third-order valence-electron chi connectivity index (χ3n) is 5.03. The molecule has 3 rings (SSSR count). The lowest BCUT2D eigenvalue weighted by molar-refractivity contribution is 0.283. The molecule has 0 saturated heterocycles. The van der Waals surface area contributed by atoms with Crippen LogP contribution in [0.5, 0.6) is 0 Å². The number of rotatable bonds is 0. The van der Waals surface area contributed by atoms with Gasteiger partial charge in [-0.3, -0.25) is 0 Å². The van der Waals surface area contributed by atoms with Crippen molar-refractivity contribution in [3.05, 3.63) is 0 Å². The first-order valence-electron chi connectivity index (χ1n) is 4.93. The maximum Gasteiger partial charge on any atom is 0.127 e. The van der Waals surface area contributed by atoms with Crippen LogP contribution < -0.4 is 0 Å². The van der Waals surface area contributed by atoms with Crippen molar-refractivity contribution in [2.24, 2.45) is 22.7 Å². The molecule has 3 aliphatic carbocycles. The van der Waals surface area contributed by atoms with Gasteiger partial charge in [0.15, 0.2) is 0 Å². The fourth-order valence-corrected chi connectivity index (χ4v) is 5.35. The Kier molecular flexibility index (Phi) is 1.64. The van der Waals surface area contributed by atoms with E-state index < -0.39 is 8.67 Å². The van der Waals surface area contributed by atoms with E-state index in [-0.39, 0.29) is 10.8 Å². The van der Waals surface area contributed by atoms with Crippen LogP contribution in [-0.2, 0) is 0 Å². The van der Waals surface area contributed by atoms with Crippen molar-refractivity contribution < 1.29 is 0 Å². The lowest BCUT2D eigenvalue weighted by Gasteiger charge is -2.19. The summed E-state index contributed by atoms with van der Waals surface area (Å²) in [6.45, 7) is 4.30. The molecule has 0 nitrogen and oxygen atoms in total. The summed E-state index contributed by atoms with van der Waals surface area (Å²) in [4.78, 5) is 0. The molecule has 80 valence electrons. The van der Waals surface area contributed by atoms with Gasteiger partial charge in [0, 0.05) is 22.7 Å². The quantitative estimate of drug-likeness (QED) is 0.574. The van der Waals surface area contributed by atoms with Gasteiger partial charge in [-0.2, -0.15) is 0 Å². The summed E-state index contributed by atoms with van der Waals surface area (Å²) in [5.41, 5.74) is 0.0949. The lowest BCUT2D eigenvalue weighted by atomic mass is 9.84. The highest BCUT2D eigenvalue weighted by Gasteiger charge is 2.86. The molecule has 0 aliphatic heterocycles. The Morgan fingerprint density at radius 2 is 1.07 bits per heavy atom. The van der Waals surface area contributed by atoms with Crippen molar-refractivity contribution in [1.82, 2.24) is 0 Å². The smallest absolute Gasteiger partial charge is 0.101 e. The Morgan fingerprint density at radius 3 is 1.36 bits per heavy atom. The lowest BCUT2D eigenvalue weighted by Crippen LogP contribution is -2.13. The maximum atomic E-state index is 6.27. The zero-order valence-electron chi connectivity index (χ0n) is 8.08. The van der Waals surface area contributed by atoms with Crippen molar-refractivity contribution in [2.45, 2.75) is 35.4 Å². The molecule has 0 aromatic heterocycles. The summed E-state index contributed by atoms with van der Waals surface area (Å²) < 4.78 is -1.07. The molecular weight excluding hydrogens is 262 g/mol. The largest absolute Gasteiger partial charge is 0.127 e. The second kappa shape index (κ2) is 2.23. The van der Waals surface area contributed by atoms with Crippen LogP contribution in [0.25, 0.3) is 0 Å². The van der Waals surface area contributed by atoms with Crippen molar-refractivity contribution in [1.29, 1.82) is 0 Å². The Morgan fingerprint density at radius 1 is 0.786 bits per heavy atom. The predicted octanol–water partition coefficient (Wildman–Crippen LogP) is 4.40. The van der Waals surface area contributed by atoms with Gasteiger partial charge in [0.25, 0.3) is 0 Å². The molecular formula is C10H12Cl4. The minimum absolute atomic E-state index is 0.0474. The van der Waals surface area contributed by atoms with E-state index in [2.05, 4.69) is 13.8 Å². The van der Waals surface area contributed by atoms with Crippen molar-refractivity contribution in [3.63, 3.8) is 0 Å². The molecule has 4 heteroatoms. The second-order valence-electron chi connectivity index (χ2n) is 5.59. The van der Waals surface area contributed by atoms with Gasteiger partial charge in [-0.05, 0) is 12.8 Å². The molecule has 0 aromatic rings. The second-order valence-corrected chi connectivity index (χ2v) is 8.37. The van der Waals surface area contributed by atoms with Crippen molar-refractivity contribution in [2.75, 3.05) is 0 Å². The van der Waals surface area contributed by atoms with E-state index in [9.17, 15) is 0 Å². The Hall–Kier alpha value is 1.16. The Labute approximate surface area is 104 Å². The molecule has 14 heavy (non-hydrogen) atoms. The Bertz CT molecular complexity index is 292. The molecule has 0 amide bonds. The topological polar surface area (TPSA) is 0 Å². The summed E-state index contributed by atoms with van der Waals surface area (Å²) >= 11 is 25.1. The van der Waals surface area contributed by atoms with E-state index in [0.29, 0.717) is 11.8 Å². The normalized spacial score (nSPS) is 61.3. The summed E-state index contributed by atoms with van der Waals surface area (Å²) in [6, 6.07) is 0. The van der Waals surface area contributed by atoms with Gasteiger partial charge in [0.2, 0.25) is 0 Å². The summed E-state index contributed by atoms with van der Waals surface area (Å²) in [6.07, 6.45) is 1.93. The third kappa shape index (κ3) is 0.805. The highest BCUT2D eigenvalue weighted by Crippen LogP contribution is 2.87. The van der Waals surface area contributed by atoms with Gasteiger partial charge in [-0.15, -0.1) is 46.4 Å². The molecule has 0 unspecified atom stereocenters. The van der Waals surface area contributed by atoms with Crippen LogP contribution in [0.15, 0.2) is 0 Å². The average Bonchev–Trinajstić information content (AvgIpc) is 2.65. The van der Waals surface area contributed by atoms with E-state index in [0.717, 1.165) is 12.8 Å². The Balaban J connectivity index is 1.93. The first kappa shape index (κ1) is 10.3. The average molecular weight is 274 g/mol. The predicted molar refractivity (Wildman–Crippen MR) is 61.3 cm³/mol. The van der Waals surface area contributed by atoms with E-state index in [4.69, 9.17) is 46.4 Å². The molecule has 0 radical (unpaired) electrons. The fourth-order valence-electron chi connectivity index (χ4n) is 3.46. The molecule has 4 atom stereocenters. The first-order valence-corrected chi connectivity index (χ1v) is 6.45. The third-order valence-corrected chi connectivity index (χ3v) is 7.81. The summed E-state index contributed by atoms with van der Waals surface area (Å²) in [5.74, 6) is 0.748. The highest BCUT2D eigenvalue weighted by molar-refractivity contribution is 6.53. The zero-order valence-corrected chi connectivity index (χ0v) is 11.1. The van der Waals surface area contributed by atoms with Crippen LogP contribution >= 0.6 is 46.4 Å². The van der Waals surface area contributed by atoms with Crippen LogP contribution in [0.2, 0.25) is 0 Å². The first-order chi connectivity index (χ1) is 6.18. The number of alkyl halides is 4. The monoisotopic (exact) mass is 272 g/mol. The minimum atomic E-state index is -0.534. The highest BCUT2D eigenvalue weighted by atomic mass is 35.5. The number of hydrogen-bond donors (Lipinski definition) is 0. The van der Waals surface area contributed by atoms with E-state index in [1.807, 2.05) is 0 Å². The molecule has 3 saturated carbocycles. The van der Waals surface area contributed by atoms with Crippen LogP contribution in [0, 0.1) is 22.7 Å². The van der Waals surface area contributed by atoms with E-state index in [1.54, 1.807) is 0 Å². The number of fused-ring (bicyclic) bond motifs is 2. The standard InChI is InChI=1S/C10H12Cl4/c1-7-3-6-8(2,10(6,13)14)4-5(7)9(7,11)12/h5-6H,3-4H2,1-2H3/t5-,6+,7-,8-/m1/s1. The fraction of sp³-hybridized carbons (Fsp3) is 1.00. The maximum absolute atomic E-state index is 6.27. The van der Waals surface area contributed by atoms with Crippen molar-refractivity contribution in [3.8, 4) is 0 Å². The van der Waals surface area contributed by atoms with Crippen LogP contribution in [0.4, 0.5) is 0 Å². The number of hydrogen-bond acceptors (Lipinski definition) is 0. The molecule has 3 fully saturated rings. The molecule has 0 bridgehead atoms. The molecule has 0 spiro atoms. The van der Waals surface area contributed by atoms with Crippen LogP contribution in [0.1, 0.15) is 26.7 Å². The molecule has 0 heterocycles. The van der Waals surface area contributed by atoms with E-state index >= 15 is 0 Å². The minimum Gasteiger partial charge on any atom is -0.101 e. The van der Waals surface area contributed by atoms with Gasteiger partial charge in [0.05, 0.1) is 0 Å². The zero-order chi connectivity index (χ0) is 10.6. The molecule has 0 aromatic carbocycles. The van der Waals surface area contributed by atoms with E-state index in [1.165, 1.54) is 0 Å².